The Hall–Kier alpha value is -0.610. The molecule has 2 aliphatic rings. The van der Waals surface area contributed by atoms with Gasteiger partial charge in [0.05, 0.1) is 12.5 Å². The van der Waals surface area contributed by atoms with Gasteiger partial charge in [0, 0.05) is 18.7 Å². The highest BCUT2D eigenvalue weighted by Gasteiger charge is 2.28. The highest BCUT2D eigenvalue weighted by Crippen LogP contribution is 2.25. The normalized spacial score (nSPS) is 27.9. The van der Waals surface area contributed by atoms with Crippen molar-refractivity contribution in [2.45, 2.75) is 63.0 Å². The Morgan fingerprint density at radius 3 is 2.71 bits per heavy atom. The van der Waals surface area contributed by atoms with Gasteiger partial charge in [0.25, 0.3) is 0 Å². The van der Waals surface area contributed by atoms with Crippen LogP contribution in [0.4, 0.5) is 0 Å². The van der Waals surface area contributed by atoms with E-state index in [1.807, 2.05) is 0 Å². The molecule has 1 unspecified atom stereocenters. The Kier molecular flexibility index (Phi) is 4.40. The van der Waals surface area contributed by atoms with Gasteiger partial charge in [-0.2, -0.15) is 0 Å². The number of hydrogen-bond acceptors (Lipinski definition) is 3. The van der Waals surface area contributed by atoms with Crippen LogP contribution in [0.3, 0.4) is 0 Å². The van der Waals surface area contributed by atoms with Gasteiger partial charge in [-0.25, -0.2) is 0 Å². The SMILES string of the molecule is NC1(CNC(=O)CC2CCCO2)CCCCC1. The standard InChI is InChI=1S/C13H24N2O2/c14-13(6-2-1-3-7-13)10-15-12(16)9-11-5-4-8-17-11/h11H,1-10,14H2,(H,15,16). The molecule has 3 N–H and O–H groups in total. The Labute approximate surface area is 103 Å². The Balaban J connectivity index is 1.67. The summed E-state index contributed by atoms with van der Waals surface area (Å²) in [6, 6.07) is 0. The summed E-state index contributed by atoms with van der Waals surface area (Å²) in [7, 11) is 0. The smallest absolute Gasteiger partial charge is 0.222 e. The van der Waals surface area contributed by atoms with E-state index in [1.165, 1.54) is 19.3 Å². The third kappa shape index (κ3) is 3.96. The maximum absolute atomic E-state index is 11.7. The van der Waals surface area contributed by atoms with Crippen molar-refractivity contribution < 1.29 is 9.53 Å². The Morgan fingerprint density at radius 1 is 1.29 bits per heavy atom. The second kappa shape index (κ2) is 5.83. The van der Waals surface area contributed by atoms with E-state index in [0.29, 0.717) is 13.0 Å². The fourth-order valence-electron chi connectivity index (χ4n) is 2.79. The molecule has 1 amide bonds. The first-order valence-corrected chi connectivity index (χ1v) is 6.85. The largest absolute Gasteiger partial charge is 0.378 e. The minimum Gasteiger partial charge on any atom is -0.378 e. The molecule has 1 atom stereocenters. The number of nitrogens with one attached hydrogen (secondary N) is 1. The monoisotopic (exact) mass is 240 g/mol. The summed E-state index contributed by atoms with van der Waals surface area (Å²) in [4.78, 5) is 11.7. The third-order valence-corrected chi connectivity index (χ3v) is 3.92. The number of carbonyl (C=O) groups excluding carboxylic acids is 1. The van der Waals surface area contributed by atoms with Crippen LogP contribution in [0.15, 0.2) is 0 Å². The number of carbonyl (C=O) groups is 1. The average Bonchev–Trinajstić information content (AvgIpc) is 2.80. The van der Waals surface area contributed by atoms with Crippen LogP contribution < -0.4 is 11.1 Å². The van der Waals surface area contributed by atoms with Crippen LogP contribution in [0.1, 0.15) is 51.4 Å². The minimum atomic E-state index is -0.162. The molecule has 0 aromatic rings. The topological polar surface area (TPSA) is 64.3 Å². The van der Waals surface area contributed by atoms with Gasteiger partial charge in [-0.15, -0.1) is 0 Å². The van der Waals surface area contributed by atoms with Crippen LogP contribution in [-0.2, 0) is 9.53 Å². The van der Waals surface area contributed by atoms with Gasteiger partial charge in [-0.1, -0.05) is 19.3 Å². The third-order valence-electron chi connectivity index (χ3n) is 3.92. The quantitative estimate of drug-likeness (QED) is 0.779. The lowest BCUT2D eigenvalue weighted by Crippen LogP contribution is -2.51. The van der Waals surface area contributed by atoms with E-state index in [4.69, 9.17) is 10.5 Å². The molecule has 0 bridgehead atoms. The van der Waals surface area contributed by atoms with E-state index < -0.39 is 0 Å². The van der Waals surface area contributed by atoms with Gasteiger partial charge in [-0.3, -0.25) is 4.79 Å². The van der Waals surface area contributed by atoms with E-state index in [2.05, 4.69) is 5.32 Å². The van der Waals surface area contributed by atoms with Crippen LogP contribution in [-0.4, -0.2) is 30.7 Å². The lowest BCUT2D eigenvalue weighted by Gasteiger charge is -2.33. The molecule has 1 saturated heterocycles. The van der Waals surface area contributed by atoms with Gasteiger partial charge in [0.15, 0.2) is 0 Å². The molecule has 4 nitrogen and oxygen atoms in total. The first-order valence-electron chi connectivity index (χ1n) is 6.85. The molecule has 98 valence electrons. The number of hydrogen-bond donors (Lipinski definition) is 2. The van der Waals surface area contributed by atoms with Crippen LogP contribution >= 0.6 is 0 Å². The zero-order valence-electron chi connectivity index (χ0n) is 10.5. The van der Waals surface area contributed by atoms with Crippen molar-refractivity contribution in [2.75, 3.05) is 13.2 Å². The van der Waals surface area contributed by atoms with Crippen molar-refractivity contribution in [3.8, 4) is 0 Å². The molecule has 0 aromatic heterocycles. The Bertz CT molecular complexity index is 256. The van der Waals surface area contributed by atoms with Gasteiger partial charge < -0.3 is 15.8 Å². The average molecular weight is 240 g/mol. The molecule has 0 radical (unpaired) electrons. The highest BCUT2D eigenvalue weighted by atomic mass is 16.5. The molecule has 1 aliphatic heterocycles. The molecule has 0 spiro atoms. The fraction of sp³-hybridized carbons (Fsp3) is 0.923. The molecule has 1 aliphatic carbocycles. The molecule has 2 fully saturated rings. The number of amides is 1. The predicted octanol–water partition coefficient (Wildman–Crippen LogP) is 1.33. The van der Waals surface area contributed by atoms with Crippen LogP contribution in [0.5, 0.6) is 0 Å². The van der Waals surface area contributed by atoms with Crippen molar-refractivity contribution in [1.82, 2.24) is 5.32 Å². The maximum atomic E-state index is 11.7. The van der Waals surface area contributed by atoms with E-state index in [0.717, 1.165) is 32.3 Å². The van der Waals surface area contributed by atoms with Crippen LogP contribution in [0.25, 0.3) is 0 Å². The first-order chi connectivity index (χ1) is 8.18. The van der Waals surface area contributed by atoms with Gasteiger partial charge in [0.1, 0.15) is 0 Å². The van der Waals surface area contributed by atoms with Gasteiger partial charge >= 0.3 is 0 Å². The van der Waals surface area contributed by atoms with Crippen molar-refractivity contribution in [3.05, 3.63) is 0 Å². The van der Waals surface area contributed by atoms with E-state index in [1.54, 1.807) is 0 Å². The summed E-state index contributed by atoms with van der Waals surface area (Å²) in [6.45, 7) is 1.43. The van der Waals surface area contributed by atoms with Gasteiger partial charge in [-0.05, 0) is 25.7 Å². The molecule has 17 heavy (non-hydrogen) atoms. The zero-order valence-corrected chi connectivity index (χ0v) is 10.5. The number of rotatable bonds is 4. The molecule has 1 heterocycles. The summed E-state index contributed by atoms with van der Waals surface area (Å²) in [5.41, 5.74) is 6.11. The van der Waals surface area contributed by atoms with E-state index >= 15 is 0 Å². The lowest BCUT2D eigenvalue weighted by molar-refractivity contribution is -0.123. The molecule has 4 heteroatoms. The molecule has 0 aromatic carbocycles. The summed E-state index contributed by atoms with van der Waals surface area (Å²) >= 11 is 0. The molecular formula is C13H24N2O2. The van der Waals surface area contributed by atoms with Crippen molar-refractivity contribution >= 4 is 5.91 Å². The minimum absolute atomic E-state index is 0.0901. The summed E-state index contributed by atoms with van der Waals surface area (Å²) in [5.74, 6) is 0.0901. The van der Waals surface area contributed by atoms with Gasteiger partial charge in [0.2, 0.25) is 5.91 Å². The molecule has 1 saturated carbocycles. The van der Waals surface area contributed by atoms with Crippen LogP contribution in [0.2, 0.25) is 0 Å². The first kappa shape index (κ1) is 12.8. The molecule has 2 rings (SSSR count). The molecular weight excluding hydrogens is 216 g/mol. The zero-order chi connectivity index (χ0) is 12.1. The number of ether oxygens (including phenoxy) is 1. The van der Waals surface area contributed by atoms with E-state index in [9.17, 15) is 4.79 Å². The summed E-state index contributed by atoms with van der Waals surface area (Å²) < 4.78 is 5.45. The predicted molar refractivity (Wildman–Crippen MR) is 66.6 cm³/mol. The summed E-state index contributed by atoms with van der Waals surface area (Å²) in [6.07, 6.45) is 8.46. The Morgan fingerprint density at radius 2 is 2.06 bits per heavy atom. The van der Waals surface area contributed by atoms with Crippen LogP contribution in [0, 0.1) is 0 Å². The maximum Gasteiger partial charge on any atom is 0.222 e. The highest BCUT2D eigenvalue weighted by molar-refractivity contribution is 5.76. The van der Waals surface area contributed by atoms with Crippen molar-refractivity contribution in [2.24, 2.45) is 5.73 Å². The second-order valence-electron chi connectivity index (χ2n) is 5.54. The van der Waals surface area contributed by atoms with Crippen molar-refractivity contribution in [1.29, 1.82) is 0 Å². The number of nitrogens with two attached hydrogens (primary N) is 1. The lowest BCUT2D eigenvalue weighted by atomic mass is 9.82. The van der Waals surface area contributed by atoms with E-state index in [-0.39, 0.29) is 17.6 Å². The second-order valence-corrected chi connectivity index (χ2v) is 5.54. The fourth-order valence-corrected chi connectivity index (χ4v) is 2.79. The van der Waals surface area contributed by atoms with Crippen molar-refractivity contribution in [3.63, 3.8) is 0 Å². The summed E-state index contributed by atoms with van der Waals surface area (Å²) in [5, 5.41) is 2.98.